The van der Waals surface area contributed by atoms with Crippen LogP contribution < -0.4 is 5.73 Å². The van der Waals surface area contributed by atoms with Crippen molar-refractivity contribution in [2.45, 2.75) is 76.3 Å². The van der Waals surface area contributed by atoms with Crippen molar-refractivity contribution >= 4 is 22.2 Å². The van der Waals surface area contributed by atoms with E-state index in [0.29, 0.717) is 11.2 Å². The van der Waals surface area contributed by atoms with Gasteiger partial charge in [-0.2, -0.15) is 0 Å². The van der Waals surface area contributed by atoms with Gasteiger partial charge >= 0.3 is 0 Å². The molecule has 20 heavy (non-hydrogen) atoms. The number of rotatable bonds is 2. The van der Waals surface area contributed by atoms with Gasteiger partial charge in [-0.25, -0.2) is 10.2 Å². The van der Waals surface area contributed by atoms with E-state index in [1.807, 2.05) is 0 Å². The first-order valence-electron chi connectivity index (χ1n) is 7.68. The van der Waals surface area contributed by atoms with Gasteiger partial charge in [-0.15, -0.1) is 0 Å². The highest BCUT2D eigenvalue weighted by Gasteiger charge is 2.17. The van der Waals surface area contributed by atoms with Crippen LogP contribution in [0, 0.1) is 0 Å². The third kappa shape index (κ3) is 5.32. The maximum atomic E-state index is 8.95. The first-order chi connectivity index (χ1) is 9.78. The molecule has 0 aromatic carbocycles. The molecule has 2 fully saturated rings. The SMILES string of the molecule is NC(=NC1CCCCC1)SC(=NC1CCCCC1)OO. The number of amidine groups is 1. The van der Waals surface area contributed by atoms with Crippen molar-refractivity contribution < 1.29 is 10.1 Å². The molecule has 0 unspecified atom stereocenters. The van der Waals surface area contributed by atoms with Gasteiger partial charge in [0.1, 0.15) is 0 Å². The van der Waals surface area contributed by atoms with Gasteiger partial charge in [0.05, 0.1) is 12.1 Å². The first kappa shape index (κ1) is 15.6. The highest BCUT2D eigenvalue weighted by molar-refractivity contribution is 8.26. The number of nitrogens with two attached hydrogens (primary N) is 1. The Labute approximate surface area is 125 Å². The normalized spacial score (nSPS) is 23.9. The monoisotopic (exact) mass is 299 g/mol. The highest BCUT2D eigenvalue weighted by Crippen LogP contribution is 2.23. The summed E-state index contributed by atoms with van der Waals surface area (Å²) in [6.07, 6.45) is 11.8. The molecule has 0 bridgehead atoms. The van der Waals surface area contributed by atoms with Crippen molar-refractivity contribution in [2.75, 3.05) is 0 Å². The zero-order chi connectivity index (χ0) is 14.2. The Balaban J connectivity index is 1.87. The lowest BCUT2D eigenvalue weighted by Gasteiger charge is -2.19. The van der Waals surface area contributed by atoms with Crippen LogP contribution in [0.25, 0.3) is 0 Å². The van der Waals surface area contributed by atoms with Crippen LogP contribution in [0.15, 0.2) is 9.98 Å². The van der Waals surface area contributed by atoms with E-state index in [9.17, 15) is 0 Å². The average Bonchev–Trinajstić information content (AvgIpc) is 2.48. The number of nitrogens with zero attached hydrogens (tertiary/aromatic N) is 2. The number of thioether (sulfide) groups is 1. The van der Waals surface area contributed by atoms with Gasteiger partial charge in [-0.1, -0.05) is 38.5 Å². The minimum Gasteiger partial charge on any atom is -0.378 e. The second kappa shape index (κ2) is 8.52. The Hall–Kier alpha value is -0.750. The third-order valence-corrected chi connectivity index (χ3v) is 4.69. The molecule has 2 rings (SSSR count). The molecule has 5 nitrogen and oxygen atoms in total. The fraction of sp³-hybridized carbons (Fsp3) is 0.857. The van der Waals surface area contributed by atoms with Gasteiger partial charge in [-0.3, -0.25) is 4.99 Å². The molecule has 0 aliphatic heterocycles. The van der Waals surface area contributed by atoms with Crippen molar-refractivity contribution in [3.63, 3.8) is 0 Å². The molecule has 0 radical (unpaired) electrons. The lowest BCUT2D eigenvalue weighted by molar-refractivity contribution is -0.150. The zero-order valence-electron chi connectivity index (χ0n) is 12.0. The molecule has 0 heterocycles. The summed E-state index contributed by atoms with van der Waals surface area (Å²) >= 11 is 1.14. The molecule has 0 aromatic rings. The van der Waals surface area contributed by atoms with E-state index in [-0.39, 0.29) is 11.3 Å². The molecule has 114 valence electrons. The standard InChI is InChI=1S/C14H25N3O2S/c15-13(16-11-7-3-1-4-8-11)20-14(19-18)17-12-9-5-2-6-10-12/h11-12,18H,1-10H2,(H2,15,16). The highest BCUT2D eigenvalue weighted by atomic mass is 32.2. The van der Waals surface area contributed by atoms with E-state index in [1.165, 1.54) is 38.5 Å². The largest absolute Gasteiger partial charge is 0.378 e. The molecule has 3 N–H and O–H groups in total. The summed E-state index contributed by atoms with van der Waals surface area (Å²) in [7, 11) is 0. The second-order valence-corrected chi connectivity index (χ2v) is 6.61. The van der Waals surface area contributed by atoms with Gasteiger partial charge in [-0.05, 0) is 25.7 Å². The van der Waals surface area contributed by atoms with E-state index >= 15 is 0 Å². The van der Waals surface area contributed by atoms with E-state index in [0.717, 1.165) is 37.4 Å². The van der Waals surface area contributed by atoms with E-state index in [2.05, 4.69) is 14.9 Å². The van der Waals surface area contributed by atoms with Crippen LogP contribution in [0.5, 0.6) is 0 Å². The lowest BCUT2D eigenvalue weighted by Crippen LogP contribution is -2.19. The van der Waals surface area contributed by atoms with Crippen LogP contribution in [0.1, 0.15) is 64.2 Å². The van der Waals surface area contributed by atoms with Gasteiger partial charge in [0.15, 0.2) is 5.17 Å². The summed E-state index contributed by atoms with van der Waals surface area (Å²) in [5.41, 5.74) is 5.93. The number of aliphatic imine (C=N–C) groups is 2. The summed E-state index contributed by atoms with van der Waals surface area (Å²) in [5.74, 6) is 0. The minimum absolute atomic E-state index is 0.231. The fourth-order valence-corrected chi connectivity index (χ4v) is 3.55. The maximum absolute atomic E-state index is 8.95. The molecule has 0 spiro atoms. The summed E-state index contributed by atoms with van der Waals surface area (Å²) in [6, 6.07) is 0.576. The zero-order valence-corrected chi connectivity index (χ0v) is 12.8. The van der Waals surface area contributed by atoms with Crippen molar-refractivity contribution in [1.82, 2.24) is 0 Å². The Morgan fingerprint density at radius 2 is 1.40 bits per heavy atom. The molecule has 0 aromatic heterocycles. The second-order valence-electron chi connectivity index (χ2n) is 5.64. The summed E-state index contributed by atoms with van der Waals surface area (Å²) < 4.78 is 0. The van der Waals surface area contributed by atoms with Crippen LogP contribution >= 0.6 is 11.8 Å². The Kier molecular flexibility index (Phi) is 6.66. The van der Waals surface area contributed by atoms with Crippen LogP contribution in [0.2, 0.25) is 0 Å². The summed E-state index contributed by atoms with van der Waals surface area (Å²) in [6.45, 7) is 0. The van der Waals surface area contributed by atoms with Crippen molar-refractivity contribution in [3.05, 3.63) is 0 Å². The third-order valence-electron chi connectivity index (χ3n) is 4.02. The molecule has 0 saturated heterocycles. The van der Waals surface area contributed by atoms with Crippen LogP contribution in [0.3, 0.4) is 0 Å². The first-order valence-corrected chi connectivity index (χ1v) is 8.50. The molecule has 2 aliphatic rings. The predicted molar refractivity (Wildman–Crippen MR) is 84.1 cm³/mol. The predicted octanol–water partition coefficient (Wildman–Crippen LogP) is 3.55. The number of hydrogen-bond donors (Lipinski definition) is 2. The Morgan fingerprint density at radius 1 is 0.900 bits per heavy atom. The van der Waals surface area contributed by atoms with Crippen LogP contribution in [0.4, 0.5) is 0 Å². The molecule has 0 atom stereocenters. The molecule has 2 saturated carbocycles. The van der Waals surface area contributed by atoms with E-state index in [1.54, 1.807) is 0 Å². The average molecular weight is 299 g/mol. The van der Waals surface area contributed by atoms with Crippen molar-refractivity contribution in [2.24, 2.45) is 15.7 Å². The summed E-state index contributed by atoms with van der Waals surface area (Å²) in [4.78, 5) is 13.3. The van der Waals surface area contributed by atoms with Crippen molar-refractivity contribution in [1.29, 1.82) is 0 Å². The smallest absolute Gasteiger partial charge is 0.294 e. The van der Waals surface area contributed by atoms with Crippen molar-refractivity contribution in [3.8, 4) is 0 Å². The molecule has 2 aliphatic carbocycles. The van der Waals surface area contributed by atoms with Gasteiger partial charge in [0, 0.05) is 11.8 Å². The quantitative estimate of drug-likeness (QED) is 0.354. The maximum Gasteiger partial charge on any atom is 0.294 e. The topological polar surface area (TPSA) is 80.2 Å². The molecule has 0 amide bonds. The minimum atomic E-state index is 0.231. The van der Waals surface area contributed by atoms with Crippen LogP contribution in [-0.4, -0.2) is 27.7 Å². The molecule has 6 heteroatoms. The summed E-state index contributed by atoms with van der Waals surface area (Å²) in [5, 5.41) is 9.62. The van der Waals surface area contributed by atoms with Gasteiger partial charge < -0.3 is 10.6 Å². The Morgan fingerprint density at radius 3 is 1.90 bits per heavy atom. The molecular formula is C14H25N3O2S. The van der Waals surface area contributed by atoms with Gasteiger partial charge in [0.2, 0.25) is 0 Å². The fourth-order valence-electron chi connectivity index (χ4n) is 2.93. The van der Waals surface area contributed by atoms with E-state index < -0.39 is 0 Å². The van der Waals surface area contributed by atoms with Crippen LogP contribution in [-0.2, 0) is 4.89 Å². The Bertz CT molecular complexity index is 348. The number of hydrogen-bond acceptors (Lipinski definition) is 5. The lowest BCUT2D eigenvalue weighted by atomic mass is 9.96. The van der Waals surface area contributed by atoms with Gasteiger partial charge in [0.25, 0.3) is 5.23 Å². The molecular weight excluding hydrogens is 274 g/mol. The van der Waals surface area contributed by atoms with E-state index in [4.69, 9.17) is 11.0 Å².